The van der Waals surface area contributed by atoms with Crippen LogP contribution in [0.15, 0.2) is 66.7 Å². The molecule has 0 aliphatic carbocycles. The van der Waals surface area contributed by atoms with Crippen molar-refractivity contribution in [2.24, 2.45) is 0 Å². The molecule has 0 spiro atoms. The first-order valence-electron chi connectivity index (χ1n) is 8.20. The molecule has 128 valence electrons. The van der Waals surface area contributed by atoms with Gasteiger partial charge < -0.3 is 15.2 Å². The molecular formula is C21H21NO3. The number of rotatable bonds is 6. The van der Waals surface area contributed by atoms with Crippen LogP contribution in [0.4, 0.5) is 0 Å². The van der Waals surface area contributed by atoms with Crippen molar-refractivity contribution in [2.45, 2.75) is 12.7 Å². The summed E-state index contributed by atoms with van der Waals surface area (Å²) in [6, 6.07) is 21.1. The Morgan fingerprint density at radius 1 is 1.04 bits per heavy atom. The maximum Gasteiger partial charge on any atom is 0.251 e. The van der Waals surface area contributed by atoms with Crippen molar-refractivity contribution in [1.82, 2.24) is 5.32 Å². The van der Waals surface area contributed by atoms with E-state index in [1.54, 1.807) is 19.2 Å². The molecule has 1 amide bonds. The number of fused-ring (bicyclic) bond motifs is 1. The molecule has 0 aromatic heterocycles. The van der Waals surface area contributed by atoms with Crippen molar-refractivity contribution in [2.75, 3.05) is 13.7 Å². The molecule has 0 aliphatic rings. The number of benzene rings is 3. The average molecular weight is 335 g/mol. The molecule has 4 nitrogen and oxygen atoms in total. The van der Waals surface area contributed by atoms with Gasteiger partial charge in [0.25, 0.3) is 5.91 Å². The van der Waals surface area contributed by atoms with Gasteiger partial charge in [-0.3, -0.25) is 4.79 Å². The van der Waals surface area contributed by atoms with Gasteiger partial charge in [0.15, 0.2) is 0 Å². The van der Waals surface area contributed by atoms with Crippen LogP contribution in [0.3, 0.4) is 0 Å². The molecule has 0 aliphatic heterocycles. The third kappa shape index (κ3) is 4.24. The summed E-state index contributed by atoms with van der Waals surface area (Å²) in [5, 5.41) is 15.4. The maximum atomic E-state index is 12.3. The van der Waals surface area contributed by atoms with E-state index in [0.717, 1.165) is 21.9 Å². The Morgan fingerprint density at radius 2 is 1.84 bits per heavy atom. The predicted molar refractivity (Wildman–Crippen MR) is 98.4 cm³/mol. The lowest BCUT2D eigenvalue weighted by Gasteiger charge is -2.13. The second-order valence-electron chi connectivity index (χ2n) is 5.97. The molecule has 3 aromatic rings. The van der Waals surface area contributed by atoms with E-state index in [1.165, 1.54) is 0 Å². The molecule has 0 radical (unpaired) electrons. The fourth-order valence-electron chi connectivity index (χ4n) is 2.79. The SMILES string of the molecule is COCc1cccc(C(=O)NC[C@@H](O)c2ccc3ccccc3c2)c1. The lowest BCUT2D eigenvalue weighted by Crippen LogP contribution is -2.28. The molecule has 0 fully saturated rings. The molecule has 1 atom stereocenters. The largest absolute Gasteiger partial charge is 0.387 e. The van der Waals surface area contributed by atoms with E-state index in [-0.39, 0.29) is 12.5 Å². The summed E-state index contributed by atoms with van der Waals surface area (Å²) in [6.07, 6.45) is -0.754. The van der Waals surface area contributed by atoms with Crippen LogP contribution in [0.25, 0.3) is 10.8 Å². The van der Waals surface area contributed by atoms with Gasteiger partial charge in [0, 0.05) is 19.2 Å². The van der Waals surface area contributed by atoms with Gasteiger partial charge in [0.2, 0.25) is 0 Å². The lowest BCUT2D eigenvalue weighted by molar-refractivity contribution is 0.0916. The number of hydrogen-bond acceptors (Lipinski definition) is 3. The van der Waals surface area contributed by atoms with Crippen molar-refractivity contribution in [3.8, 4) is 0 Å². The topological polar surface area (TPSA) is 58.6 Å². The van der Waals surface area contributed by atoms with Crippen LogP contribution >= 0.6 is 0 Å². The Bertz CT molecular complexity index is 876. The minimum absolute atomic E-state index is 0.158. The minimum atomic E-state index is -0.754. The van der Waals surface area contributed by atoms with Crippen LogP contribution in [0.2, 0.25) is 0 Å². The van der Waals surface area contributed by atoms with Crippen LogP contribution < -0.4 is 5.32 Å². The summed E-state index contributed by atoms with van der Waals surface area (Å²) in [7, 11) is 1.62. The number of aliphatic hydroxyl groups excluding tert-OH is 1. The van der Waals surface area contributed by atoms with E-state index in [1.807, 2.05) is 54.6 Å². The van der Waals surface area contributed by atoms with Crippen LogP contribution in [0, 0.1) is 0 Å². The molecule has 2 N–H and O–H groups in total. The summed E-state index contributed by atoms with van der Waals surface area (Å²) in [6.45, 7) is 0.618. The average Bonchev–Trinajstić information content (AvgIpc) is 2.66. The second-order valence-corrected chi connectivity index (χ2v) is 5.97. The molecule has 25 heavy (non-hydrogen) atoms. The van der Waals surface area contributed by atoms with Crippen LogP contribution in [0.5, 0.6) is 0 Å². The molecule has 0 saturated carbocycles. The van der Waals surface area contributed by atoms with Crippen molar-refractivity contribution < 1.29 is 14.6 Å². The van der Waals surface area contributed by atoms with Gasteiger partial charge in [0.1, 0.15) is 0 Å². The number of aliphatic hydroxyl groups is 1. The van der Waals surface area contributed by atoms with Gasteiger partial charge in [-0.15, -0.1) is 0 Å². The summed E-state index contributed by atoms with van der Waals surface area (Å²) in [5.41, 5.74) is 2.28. The van der Waals surface area contributed by atoms with Crippen molar-refractivity contribution >= 4 is 16.7 Å². The first-order valence-corrected chi connectivity index (χ1v) is 8.20. The number of methoxy groups -OCH3 is 1. The van der Waals surface area contributed by atoms with Gasteiger partial charge in [-0.05, 0) is 40.1 Å². The fraction of sp³-hybridized carbons (Fsp3) is 0.190. The molecule has 0 saturated heterocycles. The first kappa shape index (κ1) is 17.1. The van der Waals surface area contributed by atoms with Gasteiger partial charge in [0.05, 0.1) is 12.7 Å². The number of ether oxygens (including phenoxy) is 1. The summed E-state index contributed by atoms with van der Waals surface area (Å²) < 4.78 is 5.08. The normalized spacial score (nSPS) is 12.1. The molecule has 3 aromatic carbocycles. The second kappa shape index (κ2) is 7.92. The first-order chi connectivity index (χ1) is 12.2. The third-order valence-corrected chi connectivity index (χ3v) is 4.11. The standard InChI is InChI=1S/C21H21NO3/c1-25-14-15-5-4-8-19(11-15)21(24)22-13-20(23)18-10-9-16-6-2-3-7-17(16)12-18/h2-12,20,23H,13-14H2,1H3,(H,22,24)/t20-/m1/s1. The highest BCUT2D eigenvalue weighted by Crippen LogP contribution is 2.20. The highest BCUT2D eigenvalue weighted by Gasteiger charge is 2.12. The number of hydrogen-bond donors (Lipinski definition) is 2. The molecule has 0 heterocycles. The van der Waals surface area contributed by atoms with Crippen molar-refractivity contribution in [1.29, 1.82) is 0 Å². The highest BCUT2D eigenvalue weighted by molar-refractivity contribution is 5.94. The Morgan fingerprint density at radius 3 is 2.64 bits per heavy atom. The van der Waals surface area contributed by atoms with E-state index in [0.29, 0.717) is 12.2 Å². The monoisotopic (exact) mass is 335 g/mol. The van der Waals surface area contributed by atoms with E-state index in [9.17, 15) is 9.90 Å². The Hall–Kier alpha value is -2.69. The number of carbonyl (C=O) groups is 1. The van der Waals surface area contributed by atoms with Crippen LogP contribution in [-0.4, -0.2) is 24.7 Å². The molecular weight excluding hydrogens is 314 g/mol. The molecule has 0 unspecified atom stereocenters. The number of carbonyl (C=O) groups excluding carboxylic acids is 1. The summed E-state index contributed by atoms with van der Waals surface area (Å²) in [5.74, 6) is -0.210. The molecule has 0 bridgehead atoms. The van der Waals surface area contributed by atoms with Crippen molar-refractivity contribution in [3.63, 3.8) is 0 Å². The third-order valence-electron chi connectivity index (χ3n) is 4.11. The zero-order valence-electron chi connectivity index (χ0n) is 14.1. The predicted octanol–water partition coefficient (Wildman–Crippen LogP) is 3.45. The summed E-state index contributed by atoms with van der Waals surface area (Å²) in [4.78, 5) is 12.3. The van der Waals surface area contributed by atoms with Gasteiger partial charge in [-0.2, -0.15) is 0 Å². The van der Waals surface area contributed by atoms with Gasteiger partial charge in [-0.25, -0.2) is 0 Å². The summed E-state index contributed by atoms with van der Waals surface area (Å²) >= 11 is 0. The minimum Gasteiger partial charge on any atom is -0.387 e. The zero-order valence-corrected chi connectivity index (χ0v) is 14.1. The lowest BCUT2D eigenvalue weighted by atomic mass is 10.0. The van der Waals surface area contributed by atoms with E-state index < -0.39 is 6.10 Å². The number of nitrogens with one attached hydrogen (secondary N) is 1. The quantitative estimate of drug-likeness (QED) is 0.725. The Labute approximate surface area is 147 Å². The number of amides is 1. The molecule has 3 rings (SSSR count). The highest BCUT2D eigenvalue weighted by atomic mass is 16.5. The van der Waals surface area contributed by atoms with E-state index in [2.05, 4.69) is 5.32 Å². The Balaban J connectivity index is 1.65. The van der Waals surface area contributed by atoms with Gasteiger partial charge in [-0.1, -0.05) is 48.5 Å². The zero-order chi connectivity index (χ0) is 17.6. The smallest absolute Gasteiger partial charge is 0.251 e. The van der Waals surface area contributed by atoms with Crippen molar-refractivity contribution in [3.05, 3.63) is 83.4 Å². The van der Waals surface area contributed by atoms with Gasteiger partial charge >= 0.3 is 0 Å². The van der Waals surface area contributed by atoms with E-state index >= 15 is 0 Å². The van der Waals surface area contributed by atoms with Crippen LogP contribution in [-0.2, 0) is 11.3 Å². The molecule has 4 heteroatoms. The van der Waals surface area contributed by atoms with Crippen LogP contribution in [0.1, 0.15) is 27.6 Å². The Kier molecular flexibility index (Phi) is 5.43. The fourth-order valence-corrected chi connectivity index (χ4v) is 2.79. The maximum absolute atomic E-state index is 12.3. The van der Waals surface area contributed by atoms with E-state index in [4.69, 9.17) is 4.74 Å².